The number of nitrogens with two attached hydrogens (primary N) is 1. The quantitative estimate of drug-likeness (QED) is 0.814. The van der Waals surface area contributed by atoms with E-state index in [1.165, 1.54) is 5.56 Å². The Bertz CT molecular complexity index is 743. The Hall–Kier alpha value is -2.54. The van der Waals surface area contributed by atoms with Crippen LogP contribution in [0.3, 0.4) is 0 Å². The van der Waals surface area contributed by atoms with Crippen molar-refractivity contribution in [3.05, 3.63) is 52.2 Å². The van der Waals surface area contributed by atoms with Crippen molar-refractivity contribution in [1.29, 1.82) is 5.26 Å². The third-order valence-corrected chi connectivity index (χ3v) is 4.05. The Labute approximate surface area is 124 Å². The van der Waals surface area contributed by atoms with Crippen LogP contribution in [0.15, 0.2) is 24.3 Å². The first-order valence-electron chi connectivity index (χ1n) is 7.09. The number of rotatable bonds is 1. The lowest BCUT2D eigenvalue weighted by Gasteiger charge is -2.31. The normalized spacial score (nSPS) is 13.7. The van der Waals surface area contributed by atoms with E-state index in [-0.39, 0.29) is 0 Å². The highest BCUT2D eigenvalue weighted by Crippen LogP contribution is 2.30. The summed E-state index contributed by atoms with van der Waals surface area (Å²) < 4.78 is 0. The van der Waals surface area contributed by atoms with E-state index in [4.69, 9.17) is 5.73 Å². The highest BCUT2D eigenvalue weighted by Gasteiger charge is 2.22. The van der Waals surface area contributed by atoms with Gasteiger partial charge in [-0.25, -0.2) is 4.98 Å². The van der Waals surface area contributed by atoms with Crippen molar-refractivity contribution in [2.24, 2.45) is 0 Å². The summed E-state index contributed by atoms with van der Waals surface area (Å²) in [5.41, 5.74) is 12.0. The van der Waals surface area contributed by atoms with Crippen LogP contribution in [0.4, 0.5) is 11.5 Å². The van der Waals surface area contributed by atoms with Crippen molar-refractivity contribution in [3.8, 4) is 6.07 Å². The van der Waals surface area contributed by atoms with Crippen LogP contribution in [0.5, 0.6) is 0 Å². The third-order valence-electron chi connectivity index (χ3n) is 4.05. The molecule has 1 aromatic heterocycles. The number of aromatic nitrogens is 1. The number of hydrogen-bond acceptors (Lipinski definition) is 4. The number of pyridine rings is 1. The van der Waals surface area contributed by atoms with Gasteiger partial charge in [0, 0.05) is 24.5 Å². The molecule has 0 unspecified atom stereocenters. The molecule has 106 valence electrons. The zero-order valence-electron chi connectivity index (χ0n) is 12.3. The van der Waals surface area contributed by atoms with Crippen molar-refractivity contribution in [3.63, 3.8) is 0 Å². The van der Waals surface area contributed by atoms with Crippen molar-refractivity contribution < 1.29 is 0 Å². The summed E-state index contributed by atoms with van der Waals surface area (Å²) in [5, 5.41) is 9.43. The summed E-state index contributed by atoms with van der Waals surface area (Å²) in [6.07, 6.45) is 0.930. The van der Waals surface area contributed by atoms with Crippen LogP contribution in [-0.4, -0.2) is 11.5 Å². The third kappa shape index (κ3) is 2.31. The summed E-state index contributed by atoms with van der Waals surface area (Å²) in [6, 6.07) is 10.3. The van der Waals surface area contributed by atoms with Gasteiger partial charge in [-0.15, -0.1) is 0 Å². The van der Waals surface area contributed by atoms with Gasteiger partial charge in [-0.3, -0.25) is 0 Å². The molecule has 0 aliphatic carbocycles. The van der Waals surface area contributed by atoms with E-state index >= 15 is 0 Å². The minimum absolute atomic E-state index is 0.665. The molecule has 4 nitrogen and oxygen atoms in total. The maximum Gasteiger partial charge on any atom is 0.147 e. The zero-order chi connectivity index (χ0) is 15.0. The molecule has 1 aliphatic heterocycles. The molecule has 3 rings (SSSR count). The monoisotopic (exact) mass is 278 g/mol. The average molecular weight is 278 g/mol. The summed E-state index contributed by atoms with van der Waals surface area (Å²) in [6.45, 7) is 5.50. The van der Waals surface area contributed by atoms with Gasteiger partial charge in [-0.05, 0) is 49.1 Å². The molecule has 0 fully saturated rings. The van der Waals surface area contributed by atoms with Crippen LogP contribution in [0.25, 0.3) is 0 Å². The minimum Gasteiger partial charge on any atom is -0.398 e. The highest BCUT2D eigenvalue weighted by atomic mass is 15.2. The number of nitriles is 1. The molecular weight excluding hydrogens is 260 g/mol. The Morgan fingerprint density at radius 3 is 2.90 bits per heavy atom. The Morgan fingerprint density at radius 1 is 1.33 bits per heavy atom. The fraction of sp³-hybridized carbons (Fsp3) is 0.294. The molecule has 1 aliphatic rings. The summed E-state index contributed by atoms with van der Waals surface area (Å²) in [7, 11) is 0. The zero-order valence-corrected chi connectivity index (χ0v) is 12.3. The first-order valence-corrected chi connectivity index (χ1v) is 7.09. The number of nitrogen functional groups attached to an aromatic ring is 1. The fourth-order valence-electron chi connectivity index (χ4n) is 2.97. The number of fused-ring (bicyclic) bond motifs is 1. The van der Waals surface area contributed by atoms with E-state index in [1.807, 2.05) is 32.0 Å². The Balaban J connectivity index is 2.05. The van der Waals surface area contributed by atoms with E-state index in [1.54, 1.807) is 0 Å². The largest absolute Gasteiger partial charge is 0.398 e. The van der Waals surface area contributed by atoms with E-state index < -0.39 is 0 Å². The molecule has 2 N–H and O–H groups in total. The van der Waals surface area contributed by atoms with Crippen LogP contribution < -0.4 is 10.6 Å². The van der Waals surface area contributed by atoms with E-state index in [0.29, 0.717) is 12.1 Å². The highest BCUT2D eigenvalue weighted by molar-refractivity contribution is 5.61. The molecule has 0 saturated carbocycles. The van der Waals surface area contributed by atoms with Crippen molar-refractivity contribution in [2.45, 2.75) is 26.8 Å². The first-order chi connectivity index (χ1) is 10.1. The molecule has 0 bridgehead atoms. The standard InChI is InChI=1S/C17H18N4/c1-11-8-12(2)20-17(14(11)9-18)21-7-6-13-4-3-5-16(19)15(13)10-21/h3-5,8H,6-7,10,19H2,1-2H3. The SMILES string of the molecule is Cc1cc(C)c(C#N)c(N2CCc3cccc(N)c3C2)n1. The lowest BCUT2D eigenvalue weighted by atomic mass is 9.97. The lowest BCUT2D eigenvalue weighted by Crippen LogP contribution is -2.32. The molecule has 4 heteroatoms. The smallest absolute Gasteiger partial charge is 0.147 e. The molecule has 2 heterocycles. The van der Waals surface area contributed by atoms with Crippen LogP contribution in [0.1, 0.15) is 27.9 Å². The topological polar surface area (TPSA) is 65.9 Å². The van der Waals surface area contributed by atoms with Gasteiger partial charge in [0.05, 0.1) is 5.56 Å². The molecule has 21 heavy (non-hydrogen) atoms. The molecule has 2 aromatic rings. The summed E-state index contributed by atoms with van der Waals surface area (Å²) in [4.78, 5) is 6.76. The number of aryl methyl sites for hydroxylation is 2. The molecular formula is C17H18N4. The average Bonchev–Trinajstić information content (AvgIpc) is 2.46. The van der Waals surface area contributed by atoms with Gasteiger partial charge in [0.1, 0.15) is 11.9 Å². The number of hydrogen-bond donors (Lipinski definition) is 1. The lowest BCUT2D eigenvalue weighted by molar-refractivity contribution is 0.719. The van der Waals surface area contributed by atoms with E-state index in [2.05, 4.69) is 22.0 Å². The molecule has 0 saturated heterocycles. The van der Waals surface area contributed by atoms with Crippen molar-refractivity contribution in [2.75, 3.05) is 17.2 Å². The maximum atomic E-state index is 9.43. The minimum atomic E-state index is 0.665. The van der Waals surface area contributed by atoms with Gasteiger partial charge in [0.15, 0.2) is 0 Å². The van der Waals surface area contributed by atoms with Crippen molar-refractivity contribution in [1.82, 2.24) is 4.98 Å². The Kier molecular flexibility index (Phi) is 3.26. The van der Waals surface area contributed by atoms with Gasteiger partial charge in [-0.2, -0.15) is 5.26 Å². The van der Waals surface area contributed by atoms with Crippen LogP contribution in [-0.2, 0) is 13.0 Å². The first kappa shape index (κ1) is 13.4. The predicted molar refractivity (Wildman–Crippen MR) is 84.0 cm³/mol. The molecule has 0 atom stereocenters. The van der Waals surface area contributed by atoms with Gasteiger partial charge in [0.25, 0.3) is 0 Å². The molecule has 0 spiro atoms. The molecule has 0 radical (unpaired) electrons. The Morgan fingerprint density at radius 2 is 2.14 bits per heavy atom. The van der Waals surface area contributed by atoms with Gasteiger partial charge >= 0.3 is 0 Å². The molecule has 1 aromatic carbocycles. The number of benzene rings is 1. The fourth-order valence-corrected chi connectivity index (χ4v) is 2.97. The maximum absolute atomic E-state index is 9.43. The van der Waals surface area contributed by atoms with Gasteiger partial charge < -0.3 is 10.6 Å². The number of nitrogens with zero attached hydrogens (tertiary/aromatic N) is 3. The van der Waals surface area contributed by atoms with Crippen LogP contribution in [0, 0.1) is 25.2 Å². The van der Waals surface area contributed by atoms with Gasteiger partial charge in [-0.1, -0.05) is 12.1 Å². The second-order valence-electron chi connectivity index (χ2n) is 5.55. The predicted octanol–water partition coefficient (Wildman–Crippen LogP) is 2.72. The van der Waals surface area contributed by atoms with E-state index in [9.17, 15) is 5.26 Å². The summed E-state index contributed by atoms with van der Waals surface area (Å²) >= 11 is 0. The molecule has 0 amide bonds. The number of anilines is 2. The van der Waals surface area contributed by atoms with Crippen molar-refractivity contribution >= 4 is 11.5 Å². The van der Waals surface area contributed by atoms with E-state index in [0.717, 1.165) is 41.3 Å². The second kappa shape index (κ2) is 5.10. The van der Waals surface area contributed by atoms with Crippen LogP contribution >= 0.6 is 0 Å². The second-order valence-corrected chi connectivity index (χ2v) is 5.55. The van der Waals surface area contributed by atoms with Gasteiger partial charge in [0.2, 0.25) is 0 Å². The summed E-state index contributed by atoms with van der Waals surface area (Å²) in [5.74, 6) is 0.781. The van der Waals surface area contributed by atoms with Crippen LogP contribution in [0.2, 0.25) is 0 Å².